The summed E-state index contributed by atoms with van der Waals surface area (Å²) in [6.45, 7) is 2.02. The van der Waals surface area contributed by atoms with Crippen LogP contribution in [0, 0.1) is 24.5 Å². The van der Waals surface area contributed by atoms with Crippen LogP contribution in [0.4, 0.5) is 36.3 Å². The number of nitrogens with one attached hydrogen (secondary N) is 3. The summed E-state index contributed by atoms with van der Waals surface area (Å²) in [6, 6.07) is 7.18. The summed E-state index contributed by atoms with van der Waals surface area (Å²) < 4.78 is 43.8. The highest BCUT2D eigenvalue weighted by Gasteiger charge is 2.17. The number of fused-ring (bicyclic) bond motifs is 6. The summed E-state index contributed by atoms with van der Waals surface area (Å²) in [5, 5.41) is 8.39. The van der Waals surface area contributed by atoms with Crippen LogP contribution in [0.2, 0.25) is 0 Å². The summed E-state index contributed by atoms with van der Waals surface area (Å²) in [6.07, 6.45) is 5.14. The van der Waals surface area contributed by atoms with Crippen molar-refractivity contribution in [3.8, 4) is 11.1 Å². The number of halogens is 3. The summed E-state index contributed by atoms with van der Waals surface area (Å²) in [7, 11) is 0. The molecular weight excluding hydrogens is 471 g/mol. The van der Waals surface area contributed by atoms with E-state index in [2.05, 4.69) is 35.9 Å². The minimum atomic E-state index is -0.831. The van der Waals surface area contributed by atoms with Crippen LogP contribution in [0.5, 0.6) is 0 Å². The van der Waals surface area contributed by atoms with Gasteiger partial charge in [0.25, 0.3) is 5.91 Å². The van der Waals surface area contributed by atoms with E-state index in [1.165, 1.54) is 30.7 Å². The lowest BCUT2D eigenvalue weighted by Gasteiger charge is -2.14. The molecule has 0 saturated heterocycles. The van der Waals surface area contributed by atoms with Crippen LogP contribution >= 0.6 is 0 Å². The Hall–Kier alpha value is -4.54. The van der Waals surface area contributed by atoms with E-state index in [0.717, 1.165) is 11.6 Å². The first-order valence-corrected chi connectivity index (χ1v) is 11.1. The first kappa shape index (κ1) is 23.2. The molecule has 8 bridgehead atoms. The van der Waals surface area contributed by atoms with E-state index in [1.54, 1.807) is 19.1 Å². The van der Waals surface area contributed by atoms with E-state index in [0.29, 0.717) is 35.3 Å². The molecule has 3 aromatic heterocycles. The minimum absolute atomic E-state index is 0.0447. The Morgan fingerprint density at radius 3 is 2.50 bits per heavy atom. The third-order valence-electron chi connectivity index (χ3n) is 5.66. The number of pyridine rings is 2. The average molecular weight is 491 g/mol. The number of aromatic nitrogens is 4. The predicted molar refractivity (Wildman–Crippen MR) is 128 cm³/mol. The third-order valence-corrected chi connectivity index (χ3v) is 5.66. The molecule has 1 aromatic carbocycles. The summed E-state index contributed by atoms with van der Waals surface area (Å²) >= 11 is 0. The molecule has 0 spiro atoms. The molecule has 6 rings (SSSR count). The fraction of sp³-hybridized carbons (Fsp3) is 0.160. The molecule has 1 amide bonds. The molecule has 0 unspecified atom stereocenters. The van der Waals surface area contributed by atoms with Crippen LogP contribution < -0.4 is 16.0 Å². The second-order valence-corrected chi connectivity index (χ2v) is 8.27. The van der Waals surface area contributed by atoms with Crippen molar-refractivity contribution >= 4 is 29.0 Å². The van der Waals surface area contributed by atoms with Crippen molar-refractivity contribution in [2.45, 2.75) is 19.8 Å². The number of amides is 1. The van der Waals surface area contributed by atoms with Gasteiger partial charge in [-0.25, -0.2) is 23.7 Å². The zero-order chi connectivity index (χ0) is 25.2. The third kappa shape index (κ3) is 4.81. The summed E-state index contributed by atoms with van der Waals surface area (Å²) in [5.74, 6) is -2.41. The maximum Gasteiger partial charge on any atom is 0.272 e. The Labute approximate surface area is 204 Å². The van der Waals surface area contributed by atoms with Gasteiger partial charge < -0.3 is 16.0 Å². The number of benzene rings is 1. The lowest BCUT2D eigenvalue weighted by atomic mass is 10.1. The summed E-state index contributed by atoms with van der Waals surface area (Å²) in [4.78, 5) is 28.7. The molecule has 5 heterocycles. The standard InChI is InChI=1S/C25H20F3N7O/c1-13-10-32-25-34-20-9-16(12-31-22(20)28)15-8-18(27)21(30-11-15)24(36)29-6-2-3-14-4-5-17(26)19(7-14)33-23(13)35-25/h4-5,7-12H,2-3,6H2,1H3,(H,29,36)(H2,32,33,34,35). The fourth-order valence-corrected chi connectivity index (χ4v) is 3.74. The topological polar surface area (TPSA) is 105 Å². The normalized spacial score (nSPS) is 13.4. The Kier molecular flexibility index (Phi) is 6.19. The molecule has 0 atom stereocenters. The first-order chi connectivity index (χ1) is 17.4. The van der Waals surface area contributed by atoms with Gasteiger partial charge in [0.1, 0.15) is 11.6 Å². The highest BCUT2D eigenvalue weighted by Crippen LogP contribution is 2.28. The Balaban J connectivity index is 1.58. The molecule has 36 heavy (non-hydrogen) atoms. The number of carbonyl (C=O) groups is 1. The second kappa shape index (κ2) is 9.61. The van der Waals surface area contributed by atoms with Crippen molar-refractivity contribution in [2.75, 3.05) is 17.2 Å². The van der Waals surface area contributed by atoms with Crippen molar-refractivity contribution in [3.63, 3.8) is 0 Å². The number of carbonyl (C=O) groups excluding carboxylic acids is 1. The molecule has 8 nitrogen and oxygen atoms in total. The molecule has 2 aliphatic heterocycles. The smallest absolute Gasteiger partial charge is 0.272 e. The van der Waals surface area contributed by atoms with Gasteiger partial charge in [0, 0.05) is 41.8 Å². The van der Waals surface area contributed by atoms with Crippen LogP contribution in [0.25, 0.3) is 11.1 Å². The molecule has 3 N–H and O–H groups in total. The van der Waals surface area contributed by atoms with E-state index >= 15 is 0 Å². The molecular formula is C25H20F3N7O. The van der Waals surface area contributed by atoms with Crippen molar-refractivity contribution in [1.82, 2.24) is 25.3 Å². The van der Waals surface area contributed by atoms with Crippen LogP contribution in [0.3, 0.4) is 0 Å². The van der Waals surface area contributed by atoms with Gasteiger partial charge in [-0.2, -0.15) is 9.37 Å². The lowest BCUT2D eigenvalue weighted by molar-refractivity contribution is 0.0944. The van der Waals surface area contributed by atoms with Crippen LogP contribution in [-0.2, 0) is 6.42 Å². The van der Waals surface area contributed by atoms with Gasteiger partial charge in [-0.05, 0) is 49.6 Å². The van der Waals surface area contributed by atoms with Gasteiger partial charge in [-0.1, -0.05) is 6.07 Å². The predicted octanol–water partition coefficient (Wildman–Crippen LogP) is 4.82. The first-order valence-electron chi connectivity index (χ1n) is 11.1. The zero-order valence-corrected chi connectivity index (χ0v) is 19.1. The number of anilines is 4. The zero-order valence-electron chi connectivity index (χ0n) is 19.1. The molecule has 0 aliphatic carbocycles. The average Bonchev–Trinajstić information content (AvgIpc) is 2.86. The number of rotatable bonds is 0. The minimum Gasteiger partial charge on any atom is -0.351 e. The van der Waals surface area contributed by atoms with E-state index < -0.39 is 23.5 Å². The Morgan fingerprint density at radius 1 is 0.861 bits per heavy atom. The van der Waals surface area contributed by atoms with Crippen molar-refractivity contribution in [1.29, 1.82) is 0 Å². The van der Waals surface area contributed by atoms with E-state index in [-0.39, 0.29) is 29.6 Å². The van der Waals surface area contributed by atoms with Gasteiger partial charge in [0.05, 0.1) is 11.4 Å². The fourth-order valence-electron chi connectivity index (χ4n) is 3.74. The number of hydrogen-bond donors (Lipinski definition) is 3. The maximum atomic E-state index is 14.7. The number of hydrogen-bond acceptors (Lipinski definition) is 7. The van der Waals surface area contributed by atoms with Gasteiger partial charge in [-0.15, -0.1) is 0 Å². The quantitative estimate of drug-likeness (QED) is 0.303. The number of aryl methyl sites for hydroxylation is 2. The molecule has 0 fully saturated rings. The second-order valence-electron chi connectivity index (χ2n) is 8.27. The number of nitrogens with zero attached hydrogens (tertiary/aromatic N) is 4. The molecule has 0 saturated carbocycles. The van der Waals surface area contributed by atoms with Crippen LogP contribution in [-0.4, -0.2) is 32.4 Å². The van der Waals surface area contributed by atoms with Gasteiger partial charge >= 0.3 is 0 Å². The van der Waals surface area contributed by atoms with E-state index in [4.69, 9.17) is 0 Å². The molecule has 4 aromatic rings. The maximum absolute atomic E-state index is 14.7. The van der Waals surface area contributed by atoms with Crippen molar-refractivity contribution < 1.29 is 18.0 Å². The van der Waals surface area contributed by atoms with Gasteiger partial charge in [0.15, 0.2) is 11.5 Å². The Bertz CT molecular complexity index is 1480. The largest absolute Gasteiger partial charge is 0.351 e. The van der Waals surface area contributed by atoms with Gasteiger partial charge in [-0.3, -0.25) is 4.79 Å². The van der Waals surface area contributed by atoms with E-state index in [9.17, 15) is 18.0 Å². The van der Waals surface area contributed by atoms with Crippen molar-refractivity contribution in [2.24, 2.45) is 0 Å². The SMILES string of the molecule is Cc1cnc2nc1Nc1cc(ccc1F)CCCNC(=O)c1ncc(cc1F)-c1cnc(F)c(c1)N2. The highest BCUT2D eigenvalue weighted by atomic mass is 19.1. The van der Waals surface area contributed by atoms with Crippen LogP contribution in [0.15, 0.2) is 48.9 Å². The highest BCUT2D eigenvalue weighted by molar-refractivity contribution is 5.92. The molecule has 11 heteroatoms. The van der Waals surface area contributed by atoms with Gasteiger partial charge in [0.2, 0.25) is 11.9 Å². The molecule has 0 radical (unpaired) electrons. The Morgan fingerprint density at radius 2 is 1.67 bits per heavy atom. The monoisotopic (exact) mass is 491 g/mol. The molecule has 2 aliphatic rings. The van der Waals surface area contributed by atoms with Crippen molar-refractivity contribution in [3.05, 3.63) is 83.3 Å². The lowest BCUT2D eigenvalue weighted by Crippen LogP contribution is -2.26. The van der Waals surface area contributed by atoms with E-state index in [1.807, 2.05) is 0 Å². The molecule has 182 valence electrons. The van der Waals surface area contributed by atoms with Crippen LogP contribution in [0.1, 0.15) is 28.0 Å². The summed E-state index contributed by atoms with van der Waals surface area (Å²) in [5.41, 5.74) is 1.92.